The summed E-state index contributed by atoms with van der Waals surface area (Å²) in [6, 6.07) is 9.39. The molecule has 3 amide bonds. The Labute approximate surface area is 200 Å². The van der Waals surface area contributed by atoms with Gasteiger partial charge in [-0.2, -0.15) is 0 Å². The van der Waals surface area contributed by atoms with E-state index in [4.69, 9.17) is 4.74 Å². The molecule has 0 fully saturated rings. The topological polar surface area (TPSA) is 104 Å². The number of carbonyl (C=O) groups excluding carboxylic acids is 3. The van der Waals surface area contributed by atoms with Crippen LogP contribution in [0.15, 0.2) is 53.8 Å². The Morgan fingerprint density at radius 1 is 1.12 bits per heavy atom. The summed E-state index contributed by atoms with van der Waals surface area (Å²) < 4.78 is 30.4. The molecule has 1 unspecified atom stereocenters. The van der Waals surface area contributed by atoms with Crippen LogP contribution in [0.4, 0.5) is 4.79 Å². The van der Waals surface area contributed by atoms with E-state index < -0.39 is 21.2 Å². The minimum atomic E-state index is -3.52. The van der Waals surface area contributed by atoms with Gasteiger partial charge in [0.05, 0.1) is 17.6 Å². The average Bonchev–Trinajstić information content (AvgIpc) is 3.41. The molecular weight excluding hydrogens is 458 g/mol. The number of nitrogens with zero attached hydrogens (tertiary/aromatic N) is 3. The summed E-state index contributed by atoms with van der Waals surface area (Å²) in [5.41, 5.74) is 1.61. The van der Waals surface area contributed by atoms with Crippen molar-refractivity contribution in [3.8, 4) is 0 Å². The molecule has 0 aromatic heterocycles. The van der Waals surface area contributed by atoms with Crippen molar-refractivity contribution >= 4 is 27.7 Å². The first-order chi connectivity index (χ1) is 16.1. The van der Waals surface area contributed by atoms with Crippen LogP contribution in [0, 0.1) is 0 Å². The predicted octanol–water partition coefficient (Wildman–Crippen LogP) is 1.96. The Morgan fingerprint density at radius 3 is 2.47 bits per heavy atom. The van der Waals surface area contributed by atoms with Crippen LogP contribution in [0.3, 0.4) is 0 Å². The van der Waals surface area contributed by atoms with Crippen molar-refractivity contribution in [1.82, 2.24) is 14.7 Å². The van der Waals surface area contributed by atoms with Crippen LogP contribution in [-0.4, -0.2) is 85.8 Å². The molecule has 3 rings (SSSR count). The van der Waals surface area contributed by atoms with Crippen molar-refractivity contribution in [2.75, 3.05) is 39.5 Å². The third-order valence-electron chi connectivity index (χ3n) is 5.84. The van der Waals surface area contributed by atoms with Crippen molar-refractivity contribution in [1.29, 1.82) is 0 Å². The number of sulfone groups is 1. The van der Waals surface area contributed by atoms with Gasteiger partial charge in [0.15, 0.2) is 9.84 Å². The van der Waals surface area contributed by atoms with E-state index in [9.17, 15) is 22.8 Å². The highest BCUT2D eigenvalue weighted by molar-refractivity contribution is 7.92. The molecule has 0 radical (unpaired) electrons. The highest BCUT2D eigenvalue weighted by atomic mass is 32.2. The summed E-state index contributed by atoms with van der Waals surface area (Å²) >= 11 is 0. The second-order valence-electron chi connectivity index (χ2n) is 8.47. The zero-order chi connectivity index (χ0) is 24.9. The Hall–Kier alpha value is -3.14. The molecule has 184 valence electrons. The smallest absolute Gasteiger partial charge is 0.413 e. The van der Waals surface area contributed by atoms with Gasteiger partial charge in [-0.15, -0.1) is 0 Å². The van der Waals surface area contributed by atoms with Gasteiger partial charge in [-0.1, -0.05) is 36.4 Å². The lowest BCUT2D eigenvalue weighted by Gasteiger charge is -2.26. The van der Waals surface area contributed by atoms with E-state index in [0.717, 1.165) is 5.56 Å². The van der Waals surface area contributed by atoms with Gasteiger partial charge in [-0.3, -0.25) is 14.5 Å². The van der Waals surface area contributed by atoms with E-state index in [2.05, 4.69) is 0 Å². The maximum atomic E-state index is 13.4. The Morgan fingerprint density at radius 2 is 1.82 bits per heavy atom. The number of ether oxygens (including phenoxy) is 1. The molecule has 34 heavy (non-hydrogen) atoms. The third-order valence-corrected chi connectivity index (χ3v) is 7.83. The molecule has 0 bridgehead atoms. The molecule has 1 aromatic rings. The van der Waals surface area contributed by atoms with Crippen LogP contribution in [-0.2, 0) is 30.7 Å². The van der Waals surface area contributed by atoms with E-state index in [1.54, 1.807) is 25.9 Å². The molecule has 0 saturated carbocycles. The number of hydrogen-bond donors (Lipinski definition) is 0. The van der Waals surface area contributed by atoms with Gasteiger partial charge in [0.1, 0.15) is 0 Å². The van der Waals surface area contributed by atoms with Crippen molar-refractivity contribution < 1.29 is 27.5 Å². The molecule has 10 heteroatoms. The van der Waals surface area contributed by atoms with E-state index in [1.165, 1.54) is 22.1 Å². The summed E-state index contributed by atoms with van der Waals surface area (Å²) in [4.78, 5) is 42.3. The molecule has 2 aliphatic heterocycles. The van der Waals surface area contributed by atoms with E-state index in [1.807, 2.05) is 30.3 Å². The fourth-order valence-corrected chi connectivity index (χ4v) is 5.76. The Kier molecular flexibility index (Phi) is 8.14. The molecule has 2 heterocycles. The van der Waals surface area contributed by atoms with Crippen LogP contribution in [0.5, 0.6) is 0 Å². The Balaban J connectivity index is 1.80. The minimum absolute atomic E-state index is 0.112. The average molecular weight is 490 g/mol. The zero-order valence-electron chi connectivity index (χ0n) is 19.8. The van der Waals surface area contributed by atoms with Crippen molar-refractivity contribution in [3.63, 3.8) is 0 Å². The van der Waals surface area contributed by atoms with E-state index in [0.29, 0.717) is 18.5 Å². The molecule has 1 atom stereocenters. The largest absolute Gasteiger partial charge is 0.449 e. The number of likely N-dealkylation sites (N-methyl/N-ethyl adjacent to an activating group) is 1. The first kappa shape index (κ1) is 25.5. The minimum Gasteiger partial charge on any atom is -0.449 e. The highest BCUT2D eigenvalue weighted by Crippen LogP contribution is 2.27. The van der Waals surface area contributed by atoms with Crippen LogP contribution >= 0.6 is 0 Å². The molecule has 1 aromatic carbocycles. The SMILES string of the molecule is CCOC(=O)N1C=C(C(=O)N(CCC2C(C(=O)N(C)C)=CCS2(=O)=O)Cc2ccccc2)CC1. The lowest BCUT2D eigenvalue weighted by molar-refractivity contribution is -0.127. The van der Waals surface area contributed by atoms with Crippen molar-refractivity contribution in [2.45, 2.75) is 31.6 Å². The quantitative estimate of drug-likeness (QED) is 0.553. The monoisotopic (exact) mass is 489 g/mol. The van der Waals surface area contributed by atoms with E-state index in [-0.39, 0.29) is 49.3 Å². The first-order valence-corrected chi connectivity index (χ1v) is 13.0. The molecular formula is C24H31N3O6S. The number of benzene rings is 1. The number of rotatable bonds is 8. The van der Waals surface area contributed by atoms with Gasteiger partial charge in [0.25, 0.3) is 5.91 Å². The summed E-state index contributed by atoms with van der Waals surface area (Å²) in [5, 5.41) is -0.956. The summed E-state index contributed by atoms with van der Waals surface area (Å²) in [7, 11) is -0.353. The molecule has 2 aliphatic rings. The van der Waals surface area contributed by atoms with Crippen molar-refractivity contribution in [2.24, 2.45) is 0 Å². The number of amides is 3. The predicted molar refractivity (Wildman–Crippen MR) is 127 cm³/mol. The summed E-state index contributed by atoms with van der Waals surface area (Å²) in [5.74, 6) is -0.787. The Bertz CT molecular complexity index is 1090. The molecule has 0 aliphatic carbocycles. The normalized spacial score (nSPS) is 18.8. The van der Waals surface area contributed by atoms with Gasteiger partial charge >= 0.3 is 6.09 Å². The van der Waals surface area contributed by atoms with Gasteiger partial charge in [0, 0.05) is 51.1 Å². The molecule has 0 spiro atoms. The van der Waals surface area contributed by atoms with Gasteiger partial charge < -0.3 is 14.5 Å². The standard InChI is InChI=1S/C24H31N3O6S/c1-4-33-24(30)27-13-10-19(17-27)22(28)26(16-18-8-6-5-7-9-18)14-11-21-20(23(29)25(2)3)12-15-34(21,31)32/h5-9,12,17,21H,4,10-11,13-16H2,1-3H3. The van der Waals surface area contributed by atoms with Crippen LogP contribution in [0.2, 0.25) is 0 Å². The summed E-state index contributed by atoms with van der Waals surface area (Å²) in [6.45, 7) is 2.73. The maximum absolute atomic E-state index is 13.4. The number of carbonyl (C=O) groups is 3. The fraction of sp³-hybridized carbons (Fsp3) is 0.458. The highest BCUT2D eigenvalue weighted by Gasteiger charge is 2.38. The van der Waals surface area contributed by atoms with Crippen LogP contribution in [0.1, 0.15) is 25.3 Å². The van der Waals surface area contributed by atoms with Gasteiger partial charge in [-0.05, 0) is 25.3 Å². The fourth-order valence-electron chi connectivity index (χ4n) is 4.07. The first-order valence-electron chi connectivity index (χ1n) is 11.2. The molecule has 9 nitrogen and oxygen atoms in total. The van der Waals surface area contributed by atoms with Crippen molar-refractivity contribution in [3.05, 3.63) is 59.3 Å². The maximum Gasteiger partial charge on any atom is 0.413 e. The molecule has 0 saturated heterocycles. The van der Waals surface area contributed by atoms with Crippen LogP contribution < -0.4 is 0 Å². The second kappa shape index (κ2) is 10.9. The number of hydrogen-bond acceptors (Lipinski definition) is 6. The van der Waals surface area contributed by atoms with E-state index >= 15 is 0 Å². The lowest BCUT2D eigenvalue weighted by Crippen LogP contribution is -2.37. The van der Waals surface area contributed by atoms with Gasteiger partial charge in [-0.25, -0.2) is 13.2 Å². The van der Waals surface area contributed by atoms with Crippen LogP contribution in [0.25, 0.3) is 0 Å². The molecule has 0 N–H and O–H groups in total. The zero-order valence-corrected chi connectivity index (χ0v) is 20.6. The second-order valence-corrected chi connectivity index (χ2v) is 10.7. The summed E-state index contributed by atoms with van der Waals surface area (Å²) in [6.07, 6.45) is 2.97. The third kappa shape index (κ3) is 5.85. The van der Waals surface area contributed by atoms with Gasteiger partial charge in [0.2, 0.25) is 5.91 Å². The lowest BCUT2D eigenvalue weighted by atomic mass is 10.1.